The van der Waals surface area contributed by atoms with E-state index in [1.165, 1.54) is 94.3 Å². The Morgan fingerprint density at radius 2 is 1.57 bits per heavy atom. The minimum Gasteiger partial charge on any atom is -0.497 e. The molecular weight excluding hydrogens is 492 g/mol. The minimum atomic E-state index is 0.731. The van der Waals surface area contributed by atoms with Crippen molar-refractivity contribution in [2.45, 2.75) is 92.2 Å². The second-order valence-electron chi connectivity index (χ2n) is 12.8. The van der Waals surface area contributed by atoms with Gasteiger partial charge in [0.15, 0.2) is 0 Å². The lowest BCUT2D eigenvalue weighted by Crippen LogP contribution is -2.30. The van der Waals surface area contributed by atoms with E-state index in [9.17, 15) is 0 Å². The van der Waals surface area contributed by atoms with E-state index < -0.39 is 0 Å². The first-order valence-corrected chi connectivity index (χ1v) is 16.0. The maximum absolute atomic E-state index is 5.50. The Labute approximate surface area is 243 Å². The lowest BCUT2D eigenvalue weighted by atomic mass is 10.1. The Balaban J connectivity index is 1.54. The number of aryl methyl sites for hydroxylation is 1. The fourth-order valence-corrected chi connectivity index (χ4v) is 5.86. The zero-order valence-corrected chi connectivity index (χ0v) is 26.0. The first kappa shape index (κ1) is 30.6. The molecular formula is C35H54N4O. The van der Waals surface area contributed by atoms with E-state index in [2.05, 4.69) is 78.5 Å². The van der Waals surface area contributed by atoms with Gasteiger partial charge >= 0.3 is 0 Å². The highest BCUT2D eigenvalue weighted by Gasteiger charge is 2.15. The van der Waals surface area contributed by atoms with Gasteiger partial charge in [0.2, 0.25) is 0 Å². The van der Waals surface area contributed by atoms with Crippen LogP contribution in [0.3, 0.4) is 0 Å². The van der Waals surface area contributed by atoms with Gasteiger partial charge in [-0.05, 0) is 118 Å². The maximum Gasteiger partial charge on any atom is 0.119 e. The molecule has 0 atom stereocenters. The summed E-state index contributed by atoms with van der Waals surface area (Å²) < 4.78 is 8.02. The Morgan fingerprint density at radius 3 is 2.27 bits per heavy atom. The summed E-state index contributed by atoms with van der Waals surface area (Å²) in [5.74, 6) is 3.53. The number of hydrogen-bond acceptors (Lipinski definition) is 4. The third-order valence-electron chi connectivity index (χ3n) is 8.39. The van der Waals surface area contributed by atoms with Crippen LogP contribution in [0.15, 0.2) is 42.5 Å². The third kappa shape index (κ3) is 9.34. The van der Waals surface area contributed by atoms with Crippen LogP contribution in [-0.2, 0) is 19.5 Å². The molecule has 0 amide bonds. The van der Waals surface area contributed by atoms with Crippen molar-refractivity contribution in [1.29, 1.82) is 0 Å². The molecule has 2 aromatic carbocycles. The van der Waals surface area contributed by atoms with Gasteiger partial charge in [-0.15, -0.1) is 0 Å². The zero-order valence-electron chi connectivity index (χ0n) is 26.0. The lowest BCUT2D eigenvalue weighted by Gasteiger charge is -2.26. The number of methoxy groups -OCH3 is 1. The van der Waals surface area contributed by atoms with Gasteiger partial charge in [0.05, 0.1) is 18.1 Å². The average molecular weight is 547 g/mol. The molecule has 4 rings (SSSR count). The van der Waals surface area contributed by atoms with Crippen LogP contribution in [0, 0.1) is 11.8 Å². The number of aromatic nitrogens is 2. The van der Waals surface area contributed by atoms with Crippen LogP contribution in [0.2, 0.25) is 0 Å². The molecule has 0 radical (unpaired) electrons. The van der Waals surface area contributed by atoms with Crippen molar-refractivity contribution in [2.24, 2.45) is 11.8 Å². The monoisotopic (exact) mass is 546 g/mol. The van der Waals surface area contributed by atoms with Crippen molar-refractivity contribution in [3.05, 3.63) is 59.4 Å². The second kappa shape index (κ2) is 15.6. The van der Waals surface area contributed by atoms with Crippen LogP contribution < -0.4 is 4.74 Å². The number of benzene rings is 2. The quantitative estimate of drug-likeness (QED) is 0.172. The molecule has 2 heterocycles. The molecule has 1 saturated heterocycles. The van der Waals surface area contributed by atoms with E-state index in [1.807, 2.05) is 6.07 Å². The lowest BCUT2D eigenvalue weighted by molar-refractivity contribution is 0.223. The summed E-state index contributed by atoms with van der Waals surface area (Å²) in [5, 5.41) is 0. The fourth-order valence-electron chi connectivity index (χ4n) is 5.86. The normalized spacial score (nSPS) is 14.7. The van der Waals surface area contributed by atoms with E-state index in [-0.39, 0.29) is 0 Å². The summed E-state index contributed by atoms with van der Waals surface area (Å²) >= 11 is 0. The van der Waals surface area contributed by atoms with Crippen LogP contribution in [0.1, 0.15) is 89.6 Å². The van der Waals surface area contributed by atoms with Gasteiger partial charge in [-0.2, -0.15) is 0 Å². The van der Waals surface area contributed by atoms with Gasteiger partial charge in [0.25, 0.3) is 0 Å². The number of ether oxygens (including phenoxy) is 1. The Bertz CT molecular complexity index is 1150. The van der Waals surface area contributed by atoms with Crippen molar-refractivity contribution < 1.29 is 4.74 Å². The van der Waals surface area contributed by atoms with Crippen molar-refractivity contribution in [1.82, 2.24) is 19.4 Å². The summed E-state index contributed by atoms with van der Waals surface area (Å²) in [5.41, 5.74) is 5.06. The van der Waals surface area contributed by atoms with Gasteiger partial charge < -0.3 is 14.2 Å². The molecule has 5 heteroatoms. The molecule has 0 bridgehead atoms. The molecule has 5 nitrogen and oxygen atoms in total. The predicted octanol–water partition coefficient (Wildman–Crippen LogP) is 7.80. The highest BCUT2D eigenvalue weighted by atomic mass is 16.5. The van der Waals surface area contributed by atoms with E-state index in [4.69, 9.17) is 9.72 Å². The fraction of sp³-hybridized carbons (Fsp3) is 0.629. The molecule has 1 aliphatic rings. The number of fused-ring (bicyclic) bond motifs is 1. The van der Waals surface area contributed by atoms with Crippen LogP contribution in [0.25, 0.3) is 11.0 Å². The van der Waals surface area contributed by atoms with Gasteiger partial charge in [-0.3, -0.25) is 4.90 Å². The van der Waals surface area contributed by atoms with Gasteiger partial charge in [0.1, 0.15) is 11.6 Å². The van der Waals surface area contributed by atoms with Crippen LogP contribution in [0.4, 0.5) is 0 Å². The third-order valence-corrected chi connectivity index (χ3v) is 8.39. The summed E-state index contributed by atoms with van der Waals surface area (Å²) in [6.45, 7) is 17.5. The van der Waals surface area contributed by atoms with E-state index in [1.54, 1.807) is 7.11 Å². The van der Waals surface area contributed by atoms with Crippen molar-refractivity contribution in [2.75, 3.05) is 39.8 Å². The van der Waals surface area contributed by atoms with Crippen molar-refractivity contribution >= 4 is 11.0 Å². The SMILES string of the molecule is COc1cccc(Cc2nc3ccc(CN(CCC(C)C)CCC(C)C)cc3n2CCCCN2CCCCC2)c1. The largest absolute Gasteiger partial charge is 0.497 e. The Hall–Kier alpha value is -2.37. The number of nitrogens with zero attached hydrogens (tertiary/aromatic N) is 4. The number of imidazole rings is 1. The number of unbranched alkanes of at least 4 members (excludes halogenated alkanes) is 1. The van der Waals surface area contributed by atoms with E-state index in [0.29, 0.717) is 0 Å². The summed E-state index contributed by atoms with van der Waals surface area (Å²) in [6.07, 6.45) is 9.89. The zero-order chi connectivity index (χ0) is 28.3. The summed E-state index contributed by atoms with van der Waals surface area (Å²) in [4.78, 5) is 10.5. The van der Waals surface area contributed by atoms with Gasteiger partial charge in [0, 0.05) is 19.5 Å². The molecule has 1 aromatic heterocycles. The topological polar surface area (TPSA) is 33.5 Å². The minimum absolute atomic E-state index is 0.731. The molecule has 40 heavy (non-hydrogen) atoms. The number of piperidine rings is 1. The highest BCUT2D eigenvalue weighted by Crippen LogP contribution is 2.24. The van der Waals surface area contributed by atoms with Crippen LogP contribution >= 0.6 is 0 Å². The number of rotatable bonds is 16. The summed E-state index contributed by atoms with van der Waals surface area (Å²) in [7, 11) is 1.74. The molecule has 1 aliphatic heterocycles. The molecule has 0 aliphatic carbocycles. The Kier molecular flexibility index (Phi) is 11.9. The molecule has 0 N–H and O–H groups in total. The predicted molar refractivity (Wildman–Crippen MR) is 169 cm³/mol. The number of likely N-dealkylation sites (tertiary alicyclic amines) is 1. The van der Waals surface area contributed by atoms with Crippen LogP contribution in [-0.4, -0.2) is 59.2 Å². The van der Waals surface area contributed by atoms with Gasteiger partial charge in [-0.1, -0.05) is 52.3 Å². The smallest absolute Gasteiger partial charge is 0.119 e. The Morgan fingerprint density at radius 1 is 0.850 bits per heavy atom. The molecule has 0 saturated carbocycles. The highest BCUT2D eigenvalue weighted by molar-refractivity contribution is 5.77. The van der Waals surface area contributed by atoms with Crippen molar-refractivity contribution in [3.63, 3.8) is 0 Å². The van der Waals surface area contributed by atoms with Crippen molar-refractivity contribution in [3.8, 4) is 5.75 Å². The van der Waals surface area contributed by atoms with Gasteiger partial charge in [-0.25, -0.2) is 4.98 Å². The first-order valence-electron chi connectivity index (χ1n) is 16.0. The van der Waals surface area contributed by atoms with E-state index >= 15 is 0 Å². The van der Waals surface area contributed by atoms with E-state index in [0.717, 1.165) is 48.4 Å². The standard InChI is InChI=1S/C35H54N4O/c1-28(2)16-22-38(23-17-29(3)4)27-31-14-15-33-34(25-31)39(21-10-9-20-37-18-7-6-8-19-37)35(36-33)26-30-12-11-13-32(24-30)40-5/h11-15,24-25,28-29H,6-10,16-23,26-27H2,1-5H3. The second-order valence-corrected chi connectivity index (χ2v) is 12.8. The molecule has 3 aromatic rings. The summed E-state index contributed by atoms with van der Waals surface area (Å²) in [6, 6.07) is 15.4. The molecule has 1 fully saturated rings. The molecule has 0 spiro atoms. The molecule has 220 valence electrons. The maximum atomic E-state index is 5.50. The van der Waals surface area contributed by atoms with Crippen LogP contribution in [0.5, 0.6) is 5.75 Å². The molecule has 0 unspecified atom stereocenters. The average Bonchev–Trinajstić information content (AvgIpc) is 3.29. The first-order chi connectivity index (χ1) is 19.4. The number of hydrogen-bond donors (Lipinski definition) is 0.